The van der Waals surface area contributed by atoms with Crippen LogP contribution in [0.5, 0.6) is 17.2 Å². The summed E-state index contributed by atoms with van der Waals surface area (Å²) in [4.78, 5) is 35.0. The van der Waals surface area contributed by atoms with E-state index in [-0.39, 0.29) is 12.5 Å². The van der Waals surface area contributed by atoms with Crippen LogP contribution in [0.1, 0.15) is 16.7 Å². The lowest BCUT2D eigenvalue weighted by Crippen LogP contribution is -2.49. The van der Waals surface area contributed by atoms with Gasteiger partial charge in [0, 0.05) is 32.7 Å². The van der Waals surface area contributed by atoms with Crippen molar-refractivity contribution in [3.05, 3.63) is 89.5 Å². The number of carbonyl (C=O) groups excluding carboxylic acids is 1. The summed E-state index contributed by atoms with van der Waals surface area (Å²) in [5.74, 6) is -1.43. The molecule has 0 aromatic heterocycles. The Kier molecular flexibility index (Phi) is 11.3. The van der Waals surface area contributed by atoms with Crippen LogP contribution < -0.4 is 14.2 Å². The van der Waals surface area contributed by atoms with E-state index in [1.54, 1.807) is 7.11 Å². The fourth-order valence-corrected chi connectivity index (χ4v) is 3.95. The fraction of sp³-hybridized carbons (Fsp3) is 0.300. The minimum absolute atomic E-state index is 0.0290. The first-order valence-electron chi connectivity index (χ1n) is 12.7. The highest BCUT2D eigenvalue weighted by Crippen LogP contribution is 2.29. The van der Waals surface area contributed by atoms with Crippen LogP contribution in [0, 0.1) is 6.92 Å². The lowest BCUT2D eigenvalue weighted by Gasteiger charge is -2.34. The Labute approximate surface area is 233 Å². The lowest BCUT2D eigenvalue weighted by molar-refractivity contribution is -0.159. The molecule has 1 aliphatic rings. The van der Waals surface area contributed by atoms with Gasteiger partial charge in [0.2, 0.25) is 0 Å². The number of hydrogen-bond donors (Lipinski definition) is 2. The highest BCUT2D eigenvalue weighted by molar-refractivity contribution is 6.27. The number of ether oxygens (including phenoxy) is 3. The van der Waals surface area contributed by atoms with Gasteiger partial charge in [-0.3, -0.25) is 9.69 Å². The third-order valence-electron chi connectivity index (χ3n) is 6.16. The average Bonchev–Trinajstić information content (AvgIpc) is 2.97. The average molecular weight is 551 g/mol. The molecule has 3 aromatic rings. The standard InChI is InChI=1S/C28H32N2O4.C2H2O4/c1-22-8-11-25(12-9-22)33-21-28(31)30-16-14-29(15-17-30)19-24-10-13-26(32-2)27(18-24)34-20-23-6-4-3-5-7-23;3-1(4)2(5)6/h3-13,18H,14-17,19-21H2,1-2H3;(H,3,4)(H,5,6). The van der Waals surface area contributed by atoms with Crippen LogP contribution in [0.2, 0.25) is 0 Å². The van der Waals surface area contributed by atoms with Crippen molar-refractivity contribution < 1.29 is 38.8 Å². The summed E-state index contributed by atoms with van der Waals surface area (Å²) in [6, 6.07) is 23.9. The molecular weight excluding hydrogens is 516 g/mol. The monoisotopic (exact) mass is 550 g/mol. The Morgan fingerprint density at radius 3 is 2.02 bits per heavy atom. The topological polar surface area (TPSA) is 126 Å². The smallest absolute Gasteiger partial charge is 0.414 e. The van der Waals surface area contributed by atoms with Crippen LogP contribution >= 0.6 is 0 Å². The summed E-state index contributed by atoms with van der Waals surface area (Å²) in [7, 11) is 1.66. The molecule has 1 fully saturated rings. The number of rotatable bonds is 9. The maximum absolute atomic E-state index is 12.6. The SMILES string of the molecule is COc1ccc(CN2CCN(C(=O)COc3ccc(C)cc3)CC2)cc1OCc1ccccc1.O=C(O)C(=O)O. The summed E-state index contributed by atoms with van der Waals surface area (Å²) in [6.45, 7) is 6.43. The van der Waals surface area contributed by atoms with Gasteiger partial charge in [-0.15, -0.1) is 0 Å². The van der Waals surface area contributed by atoms with E-state index in [0.717, 1.165) is 48.0 Å². The summed E-state index contributed by atoms with van der Waals surface area (Å²) >= 11 is 0. The Morgan fingerprint density at radius 2 is 1.43 bits per heavy atom. The number of amides is 1. The fourth-order valence-electron chi connectivity index (χ4n) is 3.95. The number of carboxylic acid groups (broad SMARTS) is 2. The second-order valence-corrected chi connectivity index (χ2v) is 9.13. The number of aliphatic carboxylic acids is 2. The molecule has 3 aromatic carbocycles. The van der Waals surface area contributed by atoms with E-state index in [1.165, 1.54) is 5.56 Å². The Morgan fingerprint density at radius 1 is 0.775 bits per heavy atom. The van der Waals surface area contributed by atoms with Crippen molar-refractivity contribution in [2.45, 2.75) is 20.1 Å². The van der Waals surface area contributed by atoms with Crippen molar-refractivity contribution in [2.24, 2.45) is 0 Å². The minimum atomic E-state index is -1.82. The van der Waals surface area contributed by atoms with Gasteiger partial charge in [0.25, 0.3) is 5.91 Å². The quantitative estimate of drug-likeness (QED) is 0.385. The molecule has 2 N–H and O–H groups in total. The minimum Gasteiger partial charge on any atom is -0.493 e. The molecule has 0 atom stereocenters. The van der Waals surface area contributed by atoms with Crippen molar-refractivity contribution in [2.75, 3.05) is 39.9 Å². The van der Waals surface area contributed by atoms with E-state index in [1.807, 2.05) is 72.5 Å². The number of methoxy groups -OCH3 is 1. The Bertz CT molecular complexity index is 1240. The van der Waals surface area contributed by atoms with Gasteiger partial charge in [0.05, 0.1) is 7.11 Å². The molecule has 0 spiro atoms. The van der Waals surface area contributed by atoms with E-state index >= 15 is 0 Å². The first kappa shape index (κ1) is 30.0. The highest BCUT2D eigenvalue weighted by atomic mass is 16.5. The third kappa shape index (κ3) is 9.63. The van der Waals surface area contributed by atoms with Crippen LogP contribution in [-0.4, -0.2) is 77.8 Å². The molecule has 0 bridgehead atoms. The van der Waals surface area contributed by atoms with Crippen molar-refractivity contribution >= 4 is 17.8 Å². The molecule has 10 heteroatoms. The van der Waals surface area contributed by atoms with Crippen molar-refractivity contribution in [1.82, 2.24) is 9.80 Å². The predicted octanol–water partition coefficient (Wildman–Crippen LogP) is 3.46. The summed E-state index contributed by atoms with van der Waals surface area (Å²) < 4.78 is 17.2. The zero-order valence-corrected chi connectivity index (χ0v) is 22.6. The van der Waals surface area contributed by atoms with E-state index in [0.29, 0.717) is 19.7 Å². The van der Waals surface area contributed by atoms with Gasteiger partial charge in [-0.05, 0) is 42.3 Å². The molecule has 212 valence electrons. The summed E-state index contributed by atoms with van der Waals surface area (Å²) in [5.41, 5.74) is 3.44. The van der Waals surface area contributed by atoms with Crippen molar-refractivity contribution in [3.63, 3.8) is 0 Å². The lowest BCUT2D eigenvalue weighted by atomic mass is 10.1. The number of piperazine rings is 1. The molecule has 0 unspecified atom stereocenters. The van der Waals surface area contributed by atoms with E-state index in [2.05, 4.69) is 17.0 Å². The molecule has 0 saturated carbocycles. The molecule has 10 nitrogen and oxygen atoms in total. The van der Waals surface area contributed by atoms with Gasteiger partial charge >= 0.3 is 11.9 Å². The Balaban J connectivity index is 0.000000663. The second-order valence-electron chi connectivity index (χ2n) is 9.13. The zero-order valence-electron chi connectivity index (χ0n) is 22.6. The van der Waals surface area contributed by atoms with E-state index in [9.17, 15) is 4.79 Å². The normalized spacial score (nSPS) is 13.0. The van der Waals surface area contributed by atoms with Gasteiger partial charge in [-0.1, -0.05) is 54.1 Å². The number of aryl methyl sites for hydroxylation is 1. The number of hydrogen-bond acceptors (Lipinski definition) is 7. The predicted molar refractivity (Wildman–Crippen MR) is 148 cm³/mol. The molecule has 1 saturated heterocycles. The number of nitrogens with zero attached hydrogens (tertiary/aromatic N) is 2. The maximum Gasteiger partial charge on any atom is 0.414 e. The number of carboxylic acids is 2. The van der Waals surface area contributed by atoms with E-state index in [4.69, 9.17) is 34.0 Å². The van der Waals surface area contributed by atoms with Crippen LogP contribution in [0.25, 0.3) is 0 Å². The summed E-state index contributed by atoms with van der Waals surface area (Å²) in [6.07, 6.45) is 0. The van der Waals surface area contributed by atoms with Gasteiger partial charge < -0.3 is 29.3 Å². The summed E-state index contributed by atoms with van der Waals surface area (Å²) in [5, 5.41) is 14.8. The van der Waals surface area contributed by atoms with Crippen molar-refractivity contribution in [3.8, 4) is 17.2 Å². The van der Waals surface area contributed by atoms with Crippen molar-refractivity contribution in [1.29, 1.82) is 0 Å². The van der Waals surface area contributed by atoms with Crippen LogP contribution in [0.3, 0.4) is 0 Å². The highest BCUT2D eigenvalue weighted by Gasteiger charge is 2.22. The zero-order chi connectivity index (χ0) is 28.9. The second kappa shape index (κ2) is 15.1. The van der Waals surface area contributed by atoms with Gasteiger partial charge in [0.1, 0.15) is 12.4 Å². The largest absolute Gasteiger partial charge is 0.493 e. The third-order valence-corrected chi connectivity index (χ3v) is 6.16. The molecule has 0 aliphatic carbocycles. The molecule has 0 radical (unpaired) electrons. The van der Waals surface area contributed by atoms with Gasteiger partial charge in [-0.25, -0.2) is 9.59 Å². The molecule has 1 heterocycles. The molecule has 1 amide bonds. The number of benzene rings is 3. The van der Waals surface area contributed by atoms with Crippen LogP contribution in [0.4, 0.5) is 0 Å². The Hall–Kier alpha value is -4.57. The maximum atomic E-state index is 12.6. The molecule has 1 aliphatic heterocycles. The molecular formula is C30H34N2O8. The van der Waals surface area contributed by atoms with Gasteiger partial charge in [0.15, 0.2) is 18.1 Å². The number of carbonyl (C=O) groups is 3. The molecule has 40 heavy (non-hydrogen) atoms. The first-order chi connectivity index (χ1) is 19.2. The van der Waals surface area contributed by atoms with Crippen LogP contribution in [0.15, 0.2) is 72.8 Å². The van der Waals surface area contributed by atoms with Crippen LogP contribution in [-0.2, 0) is 27.5 Å². The molecule has 4 rings (SSSR count). The van der Waals surface area contributed by atoms with Gasteiger partial charge in [-0.2, -0.15) is 0 Å². The first-order valence-corrected chi connectivity index (χ1v) is 12.7. The van der Waals surface area contributed by atoms with E-state index < -0.39 is 11.9 Å².